The van der Waals surface area contributed by atoms with E-state index >= 15 is 0 Å². The summed E-state index contributed by atoms with van der Waals surface area (Å²) in [6.07, 6.45) is 0. The SMILES string of the molecule is Cc1cc(Br)c(C(=O)c2cccc(C)c2I)s1. The average Bonchev–Trinajstić information content (AvgIpc) is 2.61. The van der Waals surface area contributed by atoms with Crippen molar-refractivity contribution in [1.82, 2.24) is 0 Å². The topological polar surface area (TPSA) is 17.1 Å². The van der Waals surface area contributed by atoms with E-state index in [-0.39, 0.29) is 5.78 Å². The number of ketones is 1. The number of hydrogen-bond acceptors (Lipinski definition) is 2. The van der Waals surface area contributed by atoms with Crippen LogP contribution in [0.1, 0.15) is 25.7 Å². The van der Waals surface area contributed by atoms with E-state index in [2.05, 4.69) is 38.5 Å². The summed E-state index contributed by atoms with van der Waals surface area (Å²) in [5, 5.41) is 0. The van der Waals surface area contributed by atoms with Gasteiger partial charge in [0.1, 0.15) is 0 Å². The van der Waals surface area contributed by atoms with Gasteiger partial charge in [-0.05, 0) is 70.1 Å². The number of carbonyl (C=O) groups is 1. The minimum atomic E-state index is 0.100. The summed E-state index contributed by atoms with van der Waals surface area (Å²) >= 11 is 7.21. The van der Waals surface area contributed by atoms with Gasteiger partial charge in [0.2, 0.25) is 5.78 Å². The minimum Gasteiger partial charge on any atom is -0.288 e. The Labute approximate surface area is 127 Å². The monoisotopic (exact) mass is 420 g/mol. The summed E-state index contributed by atoms with van der Waals surface area (Å²) in [5.41, 5.74) is 1.93. The smallest absolute Gasteiger partial charge is 0.205 e. The molecule has 0 spiro atoms. The molecule has 0 radical (unpaired) electrons. The van der Waals surface area contributed by atoms with Crippen LogP contribution in [-0.4, -0.2) is 5.78 Å². The molecule has 0 bridgehead atoms. The molecule has 0 N–H and O–H groups in total. The molecule has 88 valence electrons. The quantitative estimate of drug-likeness (QED) is 0.495. The summed E-state index contributed by atoms with van der Waals surface area (Å²) < 4.78 is 1.93. The molecule has 0 saturated carbocycles. The van der Waals surface area contributed by atoms with Crippen molar-refractivity contribution in [2.24, 2.45) is 0 Å². The first-order chi connectivity index (χ1) is 8.00. The zero-order chi connectivity index (χ0) is 12.6. The van der Waals surface area contributed by atoms with Crippen molar-refractivity contribution in [3.63, 3.8) is 0 Å². The van der Waals surface area contributed by atoms with Crippen LogP contribution in [0.5, 0.6) is 0 Å². The predicted octanol–water partition coefficient (Wildman–Crippen LogP) is 4.96. The highest BCUT2D eigenvalue weighted by molar-refractivity contribution is 14.1. The Hall–Kier alpha value is -0.200. The third kappa shape index (κ3) is 2.63. The van der Waals surface area contributed by atoms with Gasteiger partial charge < -0.3 is 0 Å². The maximum atomic E-state index is 12.4. The van der Waals surface area contributed by atoms with E-state index in [9.17, 15) is 4.79 Å². The molecule has 0 unspecified atom stereocenters. The molecule has 0 atom stereocenters. The number of carbonyl (C=O) groups excluding carboxylic acids is 1. The lowest BCUT2D eigenvalue weighted by Crippen LogP contribution is -2.03. The molecule has 1 aromatic heterocycles. The van der Waals surface area contributed by atoms with Crippen LogP contribution in [0.15, 0.2) is 28.7 Å². The summed E-state index contributed by atoms with van der Waals surface area (Å²) in [5.74, 6) is 0.100. The third-order valence-corrected chi connectivity index (χ3v) is 5.82. The van der Waals surface area contributed by atoms with E-state index in [4.69, 9.17) is 0 Å². The van der Waals surface area contributed by atoms with Crippen molar-refractivity contribution in [3.05, 3.63) is 53.2 Å². The summed E-state index contributed by atoms with van der Waals surface area (Å²) in [7, 11) is 0. The average molecular weight is 421 g/mol. The van der Waals surface area contributed by atoms with Gasteiger partial charge in [0.05, 0.1) is 4.88 Å². The molecular formula is C13H10BrIOS. The van der Waals surface area contributed by atoms with Gasteiger partial charge in [-0.15, -0.1) is 11.3 Å². The Kier molecular flexibility index (Phi) is 4.05. The minimum absolute atomic E-state index is 0.100. The van der Waals surface area contributed by atoms with E-state index in [1.165, 1.54) is 11.3 Å². The van der Waals surface area contributed by atoms with Gasteiger partial charge in [-0.3, -0.25) is 4.79 Å². The summed E-state index contributed by atoms with van der Waals surface area (Å²) in [6.45, 7) is 4.03. The molecule has 0 fully saturated rings. The van der Waals surface area contributed by atoms with Crippen molar-refractivity contribution >= 4 is 55.6 Å². The maximum Gasteiger partial charge on any atom is 0.205 e. The number of benzene rings is 1. The molecule has 4 heteroatoms. The fraction of sp³-hybridized carbons (Fsp3) is 0.154. The molecule has 1 nitrogen and oxygen atoms in total. The van der Waals surface area contributed by atoms with Crippen molar-refractivity contribution in [3.8, 4) is 0 Å². The Balaban J connectivity index is 2.51. The van der Waals surface area contributed by atoms with Crippen LogP contribution >= 0.6 is 49.9 Å². The molecule has 2 rings (SSSR count). The molecule has 0 aliphatic rings. The highest BCUT2D eigenvalue weighted by Gasteiger charge is 2.18. The molecule has 17 heavy (non-hydrogen) atoms. The number of thiophene rings is 1. The fourth-order valence-electron chi connectivity index (χ4n) is 1.58. The number of rotatable bonds is 2. The summed E-state index contributed by atoms with van der Waals surface area (Å²) in [4.78, 5) is 14.4. The molecule has 0 aliphatic heterocycles. The Bertz CT molecular complexity index is 589. The number of aryl methyl sites for hydroxylation is 2. The lowest BCUT2D eigenvalue weighted by molar-refractivity contribution is 0.104. The second kappa shape index (κ2) is 5.20. The van der Waals surface area contributed by atoms with Gasteiger partial charge in [-0.1, -0.05) is 12.1 Å². The van der Waals surface area contributed by atoms with E-state index in [1.54, 1.807) is 0 Å². The second-order valence-electron chi connectivity index (χ2n) is 3.80. The largest absolute Gasteiger partial charge is 0.288 e. The molecule has 2 aromatic rings. The molecule has 1 heterocycles. The molecule has 1 aromatic carbocycles. The lowest BCUT2D eigenvalue weighted by Gasteiger charge is -2.05. The molecule has 0 amide bonds. The van der Waals surface area contributed by atoms with Crippen LogP contribution in [-0.2, 0) is 0 Å². The number of halogens is 2. The summed E-state index contributed by atoms with van der Waals surface area (Å²) in [6, 6.07) is 7.82. The van der Waals surface area contributed by atoms with Gasteiger partial charge in [-0.25, -0.2) is 0 Å². The number of hydrogen-bond donors (Lipinski definition) is 0. The van der Waals surface area contributed by atoms with Crippen molar-refractivity contribution in [1.29, 1.82) is 0 Å². The third-order valence-electron chi connectivity index (χ3n) is 2.45. The van der Waals surface area contributed by atoms with E-state index in [0.29, 0.717) is 0 Å². The Morgan fingerprint density at radius 1 is 1.35 bits per heavy atom. The van der Waals surface area contributed by atoms with Gasteiger partial charge >= 0.3 is 0 Å². The van der Waals surface area contributed by atoms with Crippen LogP contribution in [0.2, 0.25) is 0 Å². The first-order valence-electron chi connectivity index (χ1n) is 5.06. The molecular weight excluding hydrogens is 411 g/mol. The van der Waals surface area contributed by atoms with Gasteiger partial charge in [0.25, 0.3) is 0 Å². The van der Waals surface area contributed by atoms with Crippen LogP contribution in [0.4, 0.5) is 0 Å². The zero-order valence-electron chi connectivity index (χ0n) is 9.38. The van der Waals surface area contributed by atoms with E-state index in [1.807, 2.05) is 38.1 Å². The molecule has 0 saturated heterocycles. The van der Waals surface area contributed by atoms with Gasteiger partial charge in [-0.2, -0.15) is 0 Å². The predicted molar refractivity (Wildman–Crippen MR) is 84.1 cm³/mol. The zero-order valence-corrected chi connectivity index (χ0v) is 13.9. The lowest BCUT2D eigenvalue weighted by atomic mass is 10.1. The van der Waals surface area contributed by atoms with Gasteiger partial charge in [0.15, 0.2) is 0 Å². The van der Waals surface area contributed by atoms with Crippen LogP contribution in [0.25, 0.3) is 0 Å². The Morgan fingerprint density at radius 2 is 2.06 bits per heavy atom. The van der Waals surface area contributed by atoms with Crippen LogP contribution in [0, 0.1) is 17.4 Å². The maximum absolute atomic E-state index is 12.4. The second-order valence-corrected chi connectivity index (χ2v) is 6.99. The standard InChI is InChI=1S/C13H10BrIOS/c1-7-4-3-5-9(11(7)15)12(16)13-10(14)6-8(2)17-13/h3-6H,1-2H3. The van der Waals surface area contributed by atoms with Crippen molar-refractivity contribution < 1.29 is 4.79 Å². The highest BCUT2D eigenvalue weighted by Crippen LogP contribution is 2.30. The van der Waals surface area contributed by atoms with Crippen LogP contribution < -0.4 is 0 Å². The van der Waals surface area contributed by atoms with Crippen LogP contribution in [0.3, 0.4) is 0 Å². The van der Waals surface area contributed by atoms with Gasteiger partial charge in [0, 0.05) is 18.5 Å². The normalized spacial score (nSPS) is 10.6. The van der Waals surface area contributed by atoms with E-state index in [0.717, 1.165) is 28.9 Å². The fourth-order valence-corrected chi connectivity index (χ4v) is 3.96. The van der Waals surface area contributed by atoms with Crippen molar-refractivity contribution in [2.45, 2.75) is 13.8 Å². The Morgan fingerprint density at radius 3 is 2.65 bits per heavy atom. The molecule has 0 aliphatic carbocycles. The first-order valence-corrected chi connectivity index (χ1v) is 7.75. The highest BCUT2D eigenvalue weighted by atomic mass is 127. The van der Waals surface area contributed by atoms with Crippen molar-refractivity contribution in [2.75, 3.05) is 0 Å². The first kappa shape index (κ1) is 13.2. The van der Waals surface area contributed by atoms with E-state index < -0.39 is 0 Å².